The number of aromatic nitrogens is 2. The van der Waals surface area contributed by atoms with E-state index >= 15 is 0 Å². The summed E-state index contributed by atoms with van der Waals surface area (Å²) in [5.74, 6) is 0.625. The van der Waals surface area contributed by atoms with Crippen molar-refractivity contribution in [3.05, 3.63) is 53.0 Å². The Hall–Kier alpha value is -2.15. The third-order valence-electron chi connectivity index (χ3n) is 2.75. The van der Waals surface area contributed by atoms with Gasteiger partial charge in [0.2, 0.25) is 0 Å². The van der Waals surface area contributed by atoms with Crippen molar-refractivity contribution < 1.29 is 17.9 Å². The number of nitrogens with zero attached hydrogens (tertiary/aromatic N) is 2. The van der Waals surface area contributed by atoms with E-state index in [9.17, 15) is 13.2 Å². The molecule has 2 N–H and O–H groups in total. The first-order valence-electron chi connectivity index (χ1n) is 6.16. The van der Waals surface area contributed by atoms with Crippen molar-refractivity contribution in [1.82, 2.24) is 9.97 Å². The van der Waals surface area contributed by atoms with Gasteiger partial charge in [-0.25, -0.2) is 9.97 Å². The lowest BCUT2D eigenvalue weighted by atomic mass is 10.1. The van der Waals surface area contributed by atoms with Gasteiger partial charge in [-0.3, -0.25) is 0 Å². The largest absolute Gasteiger partial charge is 0.416 e. The summed E-state index contributed by atoms with van der Waals surface area (Å²) in [6, 6.07) is 6.64. The molecule has 4 nitrogen and oxygen atoms in total. The monoisotopic (exact) mass is 297 g/mol. The first-order valence-corrected chi connectivity index (χ1v) is 6.16. The minimum Gasteiger partial charge on any atom is -0.384 e. The van der Waals surface area contributed by atoms with Gasteiger partial charge in [-0.1, -0.05) is 18.2 Å². The summed E-state index contributed by atoms with van der Waals surface area (Å²) < 4.78 is 43.0. The fraction of sp³-hybridized carbons (Fsp3) is 0.286. The summed E-state index contributed by atoms with van der Waals surface area (Å²) in [6.07, 6.45) is -4.19. The molecular weight excluding hydrogens is 283 g/mol. The Morgan fingerprint density at radius 3 is 2.62 bits per heavy atom. The minimum atomic E-state index is -4.37. The lowest BCUT2D eigenvalue weighted by molar-refractivity contribution is -0.137. The summed E-state index contributed by atoms with van der Waals surface area (Å²) in [5, 5.41) is 0. The van der Waals surface area contributed by atoms with Gasteiger partial charge in [0.05, 0.1) is 17.9 Å². The number of nitrogen functional groups attached to an aromatic ring is 1. The van der Waals surface area contributed by atoms with Gasteiger partial charge in [-0.15, -0.1) is 0 Å². The van der Waals surface area contributed by atoms with Crippen LogP contribution in [-0.2, 0) is 23.9 Å². The van der Waals surface area contributed by atoms with Crippen molar-refractivity contribution in [2.24, 2.45) is 0 Å². The van der Waals surface area contributed by atoms with Crippen molar-refractivity contribution in [3.8, 4) is 0 Å². The summed E-state index contributed by atoms with van der Waals surface area (Å²) in [7, 11) is 1.52. The number of ether oxygens (including phenoxy) is 1. The Morgan fingerprint density at radius 2 is 1.95 bits per heavy atom. The Balaban J connectivity index is 2.26. The van der Waals surface area contributed by atoms with Crippen LogP contribution in [0.1, 0.15) is 22.6 Å². The first-order chi connectivity index (χ1) is 9.88. The molecule has 1 heterocycles. The highest BCUT2D eigenvalue weighted by Gasteiger charge is 2.30. The predicted molar refractivity (Wildman–Crippen MR) is 71.4 cm³/mol. The third kappa shape index (κ3) is 4.16. The second kappa shape index (κ2) is 6.09. The van der Waals surface area contributed by atoms with Gasteiger partial charge in [0, 0.05) is 19.6 Å². The average molecular weight is 297 g/mol. The Morgan fingerprint density at radius 1 is 1.19 bits per heavy atom. The van der Waals surface area contributed by atoms with Gasteiger partial charge in [-0.2, -0.15) is 13.2 Å². The zero-order valence-electron chi connectivity index (χ0n) is 11.3. The van der Waals surface area contributed by atoms with Crippen LogP contribution in [0.2, 0.25) is 0 Å². The molecule has 21 heavy (non-hydrogen) atoms. The van der Waals surface area contributed by atoms with Crippen LogP contribution in [0.15, 0.2) is 30.3 Å². The number of halogens is 3. The van der Waals surface area contributed by atoms with E-state index in [4.69, 9.17) is 10.5 Å². The van der Waals surface area contributed by atoms with Crippen molar-refractivity contribution in [2.45, 2.75) is 19.2 Å². The van der Waals surface area contributed by atoms with E-state index < -0.39 is 11.7 Å². The maximum atomic E-state index is 12.7. The van der Waals surface area contributed by atoms with Crippen LogP contribution in [-0.4, -0.2) is 17.1 Å². The number of nitrogens with two attached hydrogens (primary N) is 1. The summed E-state index contributed by atoms with van der Waals surface area (Å²) >= 11 is 0. The van der Waals surface area contributed by atoms with Gasteiger partial charge in [-0.05, 0) is 11.6 Å². The molecule has 0 saturated heterocycles. The van der Waals surface area contributed by atoms with Gasteiger partial charge in [0.25, 0.3) is 0 Å². The highest BCUT2D eigenvalue weighted by Crippen LogP contribution is 2.29. The lowest BCUT2D eigenvalue weighted by Gasteiger charge is -2.09. The highest BCUT2D eigenvalue weighted by atomic mass is 19.4. The second-order valence-corrected chi connectivity index (χ2v) is 4.51. The molecule has 0 saturated carbocycles. The molecule has 0 spiro atoms. The standard InChI is InChI=1S/C14H14F3N3O/c1-21-8-11-7-12(18)20-13(19-11)6-9-3-2-4-10(5-9)14(15,16)17/h2-5,7H,6,8H2,1H3,(H2,18,19,20). The number of hydrogen-bond acceptors (Lipinski definition) is 4. The SMILES string of the molecule is COCc1cc(N)nc(Cc2cccc(C(F)(F)F)c2)n1. The van der Waals surface area contributed by atoms with Gasteiger partial charge < -0.3 is 10.5 Å². The fourth-order valence-electron chi connectivity index (χ4n) is 1.92. The topological polar surface area (TPSA) is 61.0 Å². The molecule has 0 amide bonds. The normalized spacial score (nSPS) is 11.6. The maximum Gasteiger partial charge on any atom is 0.416 e. The molecule has 0 aliphatic rings. The van der Waals surface area contributed by atoms with Crippen molar-refractivity contribution in [1.29, 1.82) is 0 Å². The zero-order chi connectivity index (χ0) is 15.5. The van der Waals surface area contributed by atoms with Gasteiger partial charge in [0.15, 0.2) is 0 Å². The van der Waals surface area contributed by atoms with E-state index in [2.05, 4.69) is 9.97 Å². The molecule has 1 aromatic heterocycles. The average Bonchev–Trinajstić information content (AvgIpc) is 2.37. The molecule has 1 aromatic carbocycles. The molecule has 0 aliphatic heterocycles. The van der Waals surface area contributed by atoms with E-state index in [0.717, 1.165) is 12.1 Å². The maximum absolute atomic E-state index is 12.7. The van der Waals surface area contributed by atoms with Crippen LogP contribution in [0.4, 0.5) is 19.0 Å². The van der Waals surface area contributed by atoms with Crippen LogP contribution >= 0.6 is 0 Å². The molecule has 2 rings (SSSR count). The third-order valence-corrected chi connectivity index (χ3v) is 2.75. The van der Waals surface area contributed by atoms with E-state index in [0.29, 0.717) is 17.1 Å². The number of methoxy groups -OCH3 is 1. The molecule has 7 heteroatoms. The quantitative estimate of drug-likeness (QED) is 0.942. The molecule has 2 aromatic rings. The Kier molecular flexibility index (Phi) is 4.42. The van der Waals surface area contributed by atoms with Crippen LogP contribution in [0.3, 0.4) is 0 Å². The number of benzene rings is 1. The number of alkyl halides is 3. The minimum absolute atomic E-state index is 0.172. The number of rotatable bonds is 4. The van der Waals surface area contributed by atoms with Crippen molar-refractivity contribution in [2.75, 3.05) is 12.8 Å². The Bertz CT molecular complexity index is 629. The van der Waals surface area contributed by atoms with E-state index in [1.54, 1.807) is 12.1 Å². The highest BCUT2D eigenvalue weighted by molar-refractivity contribution is 5.32. The summed E-state index contributed by atoms with van der Waals surface area (Å²) in [4.78, 5) is 8.25. The van der Waals surface area contributed by atoms with Gasteiger partial charge >= 0.3 is 6.18 Å². The first kappa shape index (κ1) is 15.2. The van der Waals surface area contributed by atoms with Crippen LogP contribution in [0.25, 0.3) is 0 Å². The smallest absolute Gasteiger partial charge is 0.384 e. The predicted octanol–water partition coefficient (Wildman–Crippen LogP) is 2.81. The zero-order valence-corrected chi connectivity index (χ0v) is 11.3. The lowest BCUT2D eigenvalue weighted by Crippen LogP contribution is -2.07. The molecule has 0 radical (unpaired) electrons. The fourth-order valence-corrected chi connectivity index (χ4v) is 1.92. The summed E-state index contributed by atoms with van der Waals surface area (Å²) in [5.41, 5.74) is 6.02. The molecule has 0 bridgehead atoms. The Labute approximate surface area is 119 Å². The van der Waals surface area contributed by atoms with Crippen molar-refractivity contribution >= 4 is 5.82 Å². The van der Waals surface area contributed by atoms with Crippen LogP contribution in [0.5, 0.6) is 0 Å². The van der Waals surface area contributed by atoms with Gasteiger partial charge in [0.1, 0.15) is 11.6 Å². The van der Waals surface area contributed by atoms with E-state index in [1.165, 1.54) is 13.2 Å². The summed E-state index contributed by atoms with van der Waals surface area (Å²) in [6.45, 7) is 0.266. The number of hydrogen-bond donors (Lipinski definition) is 1. The number of anilines is 1. The molecule has 0 aliphatic carbocycles. The van der Waals surface area contributed by atoms with Crippen molar-refractivity contribution in [3.63, 3.8) is 0 Å². The van der Waals surface area contributed by atoms with Crippen LogP contribution < -0.4 is 5.73 Å². The van der Waals surface area contributed by atoms with E-state index in [-0.39, 0.29) is 18.8 Å². The molecule has 112 valence electrons. The molecular formula is C14H14F3N3O. The molecule has 0 unspecified atom stereocenters. The van der Waals surface area contributed by atoms with E-state index in [1.807, 2.05) is 0 Å². The molecule has 0 atom stereocenters. The second-order valence-electron chi connectivity index (χ2n) is 4.51. The van der Waals surface area contributed by atoms with Crippen LogP contribution in [0, 0.1) is 0 Å². The molecule has 0 fully saturated rings.